The summed E-state index contributed by atoms with van der Waals surface area (Å²) < 4.78 is 2.25. The minimum absolute atomic E-state index is 0.427. The Hall–Kier alpha value is -0.920. The number of aryl methyl sites for hydroxylation is 1. The van der Waals surface area contributed by atoms with Gasteiger partial charge in [0, 0.05) is 24.8 Å². The van der Waals surface area contributed by atoms with Crippen molar-refractivity contribution in [3.63, 3.8) is 0 Å². The number of hydrogen-bond acceptors (Lipinski definition) is 1. The van der Waals surface area contributed by atoms with Crippen LogP contribution in [0.25, 0.3) is 0 Å². The first kappa shape index (κ1) is 9.32. The predicted molar refractivity (Wildman–Crippen MR) is 63.1 cm³/mol. The fourth-order valence-electron chi connectivity index (χ4n) is 3.79. The fourth-order valence-corrected chi connectivity index (χ4v) is 3.79. The zero-order chi connectivity index (χ0) is 10.6. The molecule has 0 aromatic carbocycles. The lowest BCUT2D eigenvalue weighted by atomic mass is 9.97. The summed E-state index contributed by atoms with van der Waals surface area (Å²) in [7, 11) is 2.15. The van der Waals surface area contributed by atoms with Gasteiger partial charge in [0.2, 0.25) is 0 Å². The van der Waals surface area contributed by atoms with E-state index in [2.05, 4.69) is 48.7 Å². The molecule has 0 N–H and O–H groups in total. The summed E-state index contributed by atoms with van der Waals surface area (Å²) in [6, 6.07) is 5.12. The maximum Gasteiger partial charge on any atom is 0.108 e. The number of rotatable bonds is 1. The van der Waals surface area contributed by atoms with Crippen LogP contribution in [-0.2, 0) is 7.05 Å². The third-order valence-corrected chi connectivity index (χ3v) is 4.59. The molecule has 2 aliphatic rings. The lowest BCUT2D eigenvalue weighted by Crippen LogP contribution is -2.47. The second-order valence-corrected chi connectivity index (χ2v) is 5.59. The summed E-state index contributed by atoms with van der Waals surface area (Å²) in [6.07, 6.45) is 6.34. The minimum atomic E-state index is 0.427. The van der Waals surface area contributed by atoms with Crippen LogP contribution in [0.4, 0.5) is 5.82 Å². The van der Waals surface area contributed by atoms with Crippen LogP contribution in [0.3, 0.4) is 0 Å². The van der Waals surface area contributed by atoms with E-state index in [1.165, 1.54) is 25.1 Å². The predicted octanol–water partition coefficient (Wildman–Crippen LogP) is 2.79. The number of anilines is 1. The maximum absolute atomic E-state index is 2.65. The highest BCUT2D eigenvalue weighted by atomic mass is 15.3. The van der Waals surface area contributed by atoms with E-state index < -0.39 is 0 Å². The van der Waals surface area contributed by atoms with Crippen molar-refractivity contribution in [1.29, 1.82) is 0 Å². The molecule has 3 unspecified atom stereocenters. The number of piperidine rings is 1. The summed E-state index contributed by atoms with van der Waals surface area (Å²) in [5.41, 5.74) is 0.427. The Morgan fingerprint density at radius 2 is 2.27 bits per heavy atom. The molecule has 1 aromatic rings. The van der Waals surface area contributed by atoms with Crippen LogP contribution in [0.5, 0.6) is 0 Å². The van der Waals surface area contributed by atoms with Crippen molar-refractivity contribution in [2.45, 2.75) is 44.7 Å². The Labute approximate surface area is 91.9 Å². The zero-order valence-corrected chi connectivity index (χ0v) is 9.90. The van der Waals surface area contributed by atoms with Crippen LogP contribution >= 0.6 is 0 Å². The zero-order valence-electron chi connectivity index (χ0n) is 9.90. The molecule has 0 amide bonds. The topological polar surface area (TPSA) is 8.17 Å². The van der Waals surface area contributed by atoms with Gasteiger partial charge in [0.15, 0.2) is 0 Å². The molecule has 0 spiro atoms. The molecule has 2 fully saturated rings. The van der Waals surface area contributed by atoms with Crippen molar-refractivity contribution in [2.24, 2.45) is 13.0 Å². The molecule has 3 atom stereocenters. The maximum atomic E-state index is 2.65. The number of hydrogen-bond donors (Lipinski definition) is 0. The second kappa shape index (κ2) is 2.81. The summed E-state index contributed by atoms with van der Waals surface area (Å²) >= 11 is 0. The van der Waals surface area contributed by atoms with Crippen LogP contribution in [-0.4, -0.2) is 16.1 Å². The van der Waals surface area contributed by atoms with Gasteiger partial charge in [-0.3, -0.25) is 0 Å². The quantitative estimate of drug-likeness (QED) is 0.683. The van der Waals surface area contributed by atoms with Crippen molar-refractivity contribution in [3.8, 4) is 0 Å². The van der Waals surface area contributed by atoms with Gasteiger partial charge in [-0.2, -0.15) is 0 Å². The molecular weight excluding hydrogens is 184 g/mol. The summed E-state index contributed by atoms with van der Waals surface area (Å²) in [5, 5.41) is 0. The largest absolute Gasteiger partial charge is 0.350 e. The van der Waals surface area contributed by atoms with E-state index >= 15 is 0 Å². The molecule has 2 bridgehead atoms. The van der Waals surface area contributed by atoms with E-state index in [0.29, 0.717) is 5.54 Å². The monoisotopic (exact) mass is 204 g/mol. The standard InChI is InChI=1S/C13H20N2/c1-10-11-6-7-13(2,9-11)15(10)12-5-4-8-14(12)3/h4-5,8,10-11H,6-7,9H2,1-3H3. The number of nitrogens with zero attached hydrogens (tertiary/aromatic N) is 2. The Morgan fingerprint density at radius 1 is 1.47 bits per heavy atom. The van der Waals surface area contributed by atoms with Gasteiger partial charge in [-0.25, -0.2) is 0 Å². The average molecular weight is 204 g/mol. The first-order chi connectivity index (χ1) is 7.12. The number of fused-ring (bicyclic) bond motifs is 2. The molecule has 2 heterocycles. The lowest BCUT2D eigenvalue weighted by Gasteiger charge is -2.42. The van der Waals surface area contributed by atoms with Gasteiger partial charge in [-0.05, 0) is 51.2 Å². The molecule has 2 heteroatoms. The summed E-state index contributed by atoms with van der Waals surface area (Å²) in [5.74, 6) is 2.32. The average Bonchev–Trinajstić information content (AvgIpc) is 2.79. The van der Waals surface area contributed by atoms with E-state index in [1.54, 1.807) is 0 Å². The smallest absolute Gasteiger partial charge is 0.108 e. The van der Waals surface area contributed by atoms with Gasteiger partial charge >= 0.3 is 0 Å². The highest BCUT2D eigenvalue weighted by molar-refractivity contribution is 5.48. The SMILES string of the molecule is CC1C2CCC(C)(C2)N1c1cccn1C. The molecule has 1 saturated heterocycles. The lowest BCUT2D eigenvalue weighted by molar-refractivity contribution is 0.397. The van der Waals surface area contributed by atoms with Gasteiger partial charge in [0.25, 0.3) is 0 Å². The Bertz CT molecular complexity index is 382. The van der Waals surface area contributed by atoms with Gasteiger partial charge in [0.1, 0.15) is 5.82 Å². The van der Waals surface area contributed by atoms with Gasteiger partial charge < -0.3 is 9.47 Å². The van der Waals surface area contributed by atoms with Gasteiger partial charge in [-0.15, -0.1) is 0 Å². The number of aromatic nitrogens is 1. The Balaban J connectivity index is 2.03. The van der Waals surface area contributed by atoms with E-state index in [4.69, 9.17) is 0 Å². The third-order valence-electron chi connectivity index (χ3n) is 4.59. The highest BCUT2D eigenvalue weighted by Crippen LogP contribution is 2.51. The minimum Gasteiger partial charge on any atom is -0.350 e. The van der Waals surface area contributed by atoms with Crippen molar-refractivity contribution in [1.82, 2.24) is 4.57 Å². The molecule has 2 nitrogen and oxygen atoms in total. The van der Waals surface area contributed by atoms with Crippen molar-refractivity contribution < 1.29 is 0 Å². The van der Waals surface area contributed by atoms with Crippen molar-refractivity contribution >= 4 is 5.82 Å². The van der Waals surface area contributed by atoms with E-state index in [-0.39, 0.29) is 0 Å². The second-order valence-electron chi connectivity index (χ2n) is 5.59. The van der Waals surface area contributed by atoms with Crippen LogP contribution in [0, 0.1) is 5.92 Å². The Morgan fingerprint density at radius 3 is 2.80 bits per heavy atom. The molecule has 1 aromatic heterocycles. The fraction of sp³-hybridized carbons (Fsp3) is 0.692. The molecular formula is C13H20N2. The summed E-state index contributed by atoms with van der Waals surface area (Å²) in [6.45, 7) is 4.82. The molecule has 1 aliphatic heterocycles. The van der Waals surface area contributed by atoms with E-state index in [1.807, 2.05) is 0 Å². The van der Waals surface area contributed by atoms with E-state index in [0.717, 1.165) is 12.0 Å². The van der Waals surface area contributed by atoms with Gasteiger partial charge in [0.05, 0.1) is 0 Å². The van der Waals surface area contributed by atoms with Crippen LogP contribution < -0.4 is 4.90 Å². The molecule has 0 radical (unpaired) electrons. The first-order valence-electron chi connectivity index (χ1n) is 6.02. The molecule has 1 saturated carbocycles. The van der Waals surface area contributed by atoms with Crippen LogP contribution in [0.1, 0.15) is 33.1 Å². The van der Waals surface area contributed by atoms with Crippen LogP contribution in [0.2, 0.25) is 0 Å². The summed E-state index contributed by atoms with van der Waals surface area (Å²) in [4.78, 5) is 2.65. The normalized spacial score (nSPS) is 39.0. The molecule has 3 rings (SSSR count). The molecule has 15 heavy (non-hydrogen) atoms. The first-order valence-corrected chi connectivity index (χ1v) is 6.02. The Kier molecular flexibility index (Phi) is 1.74. The third kappa shape index (κ3) is 1.11. The van der Waals surface area contributed by atoms with Crippen LogP contribution in [0.15, 0.2) is 18.3 Å². The van der Waals surface area contributed by atoms with E-state index in [9.17, 15) is 0 Å². The van der Waals surface area contributed by atoms with Crippen molar-refractivity contribution in [3.05, 3.63) is 18.3 Å². The van der Waals surface area contributed by atoms with Crippen molar-refractivity contribution in [2.75, 3.05) is 4.90 Å². The van der Waals surface area contributed by atoms with Gasteiger partial charge in [-0.1, -0.05) is 0 Å². The molecule has 82 valence electrons. The molecule has 1 aliphatic carbocycles. The highest BCUT2D eigenvalue weighted by Gasteiger charge is 2.52.